The third kappa shape index (κ3) is 4.14. The first-order chi connectivity index (χ1) is 18.8. The number of allylic oxidation sites excluding steroid dienone is 2. The third-order valence-electron chi connectivity index (χ3n) is 7.24. The van der Waals surface area contributed by atoms with Crippen molar-refractivity contribution in [2.24, 2.45) is 0 Å². The average Bonchev–Trinajstić information content (AvgIpc) is 3.40. The van der Waals surface area contributed by atoms with E-state index in [-0.39, 0.29) is 47.4 Å². The second-order valence-electron chi connectivity index (χ2n) is 9.51. The number of aliphatic hydroxyl groups is 1. The Bertz CT molecular complexity index is 1560. The van der Waals surface area contributed by atoms with Crippen LogP contribution in [0.4, 0.5) is 18.9 Å². The van der Waals surface area contributed by atoms with Crippen LogP contribution in [-0.4, -0.2) is 23.5 Å². The number of nitrogens with one attached hydrogen (secondary N) is 1. The zero-order chi connectivity index (χ0) is 27.3. The molecule has 2 heterocycles. The molecule has 2 aliphatic heterocycles. The number of carbonyl (C=O) groups is 1. The molecule has 9 heteroatoms. The molecule has 6 nitrogen and oxygen atoms in total. The van der Waals surface area contributed by atoms with Crippen LogP contribution >= 0.6 is 0 Å². The lowest BCUT2D eigenvalue weighted by Crippen LogP contribution is -2.43. The molecule has 1 aliphatic carbocycles. The van der Waals surface area contributed by atoms with Crippen LogP contribution in [0.5, 0.6) is 11.5 Å². The van der Waals surface area contributed by atoms with E-state index in [0.717, 1.165) is 6.07 Å². The Balaban J connectivity index is 1.67. The highest BCUT2D eigenvalue weighted by Crippen LogP contribution is 2.50. The number of nitrogens with zero attached hydrogens (tertiary/aromatic N) is 1. The molecule has 0 saturated carbocycles. The molecule has 2 N–H and O–H groups in total. The van der Waals surface area contributed by atoms with Crippen LogP contribution in [0.25, 0.3) is 5.76 Å². The highest BCUT2D eigenvalue weighted by atomic mass is 19.4. The number of Topliss-reactive ketones (excluding diaryl/α,β-unsaturated/α-hetero) is 1. The second kappa shape index (κ2) is 9.34. The van der Waals surface area contributed by atoms with Crippen molar-refractivity contribution in [1.29, 1.82) is 5.41 Å². The fourth-order valence-corrected chi connectivity index (χ4v) is 5.54. The molecule has 0 amide bonds. The number of para-hydroxylation sites is 1. The molecule has 0 bridgehead atoms. The largest absolute Gasteiger partial charge is 0.507 e. The SMILES string of the molecule is N=C1C(=C(O)c2ccccc2)[C@H](c2ccc3c(c2)OCO3)C2=C(CCCC2=O)N1c1ccccc1C(F)(F)F. The van der Waals surface area contributed by atoms with E-state index in [1.54, 1.807) is 48.5 Å². The summed E-state index contributed by atoms with van der Waals surface area (Å²) in [5, 5.41) is 20.9. The van der Waals surface area contributed by atoms with Gasteiger partial charge in [-0.2, -0.15) is 13.2 Å². The topological polar surface area (TPSA) is 82.9 Å². The molecule has 0 unspecified atom stereocenters. The van der Waals surface area contributed by atoms with Gasteiger partial charge >= 0.3 is 6.18 Å². The first kappa shape index (κ1) is 24.8. The Labute approximate surface area is 222 Å². The third-order valence-corrected chi connectivity index (χ3v) is 7.24. The minimum Gasteiger partial charge on any atom is -0.507 e. The van der Waals surface area contributed by atoms with E-state index in [2.05, 4.69) is 0 Å². The minimum absolute atomic E-state index is 0.0334. The molecule has 39 heavy (non-hydrogen) atoms. The zero-order valence-corrected chi connectivity index (χ0v) is 20.6. The second-order valence-corrected chi connectivity index (χ2v) is 9.51. The predicted molar refractivity (Wildman–Crippen MR) is 139 cm³/mol. The van der Waals surface area contributed by atoms with Gasteiger partial charge in [-0.25, -0.2) is 0 Å². The standard InChI is InChI=1S/C30H23F3N2O4/c31-30(32,33)19-9-4-5-10-20(19)35-21-11-6-12-22(36)26(21)25(18-13-14-23-24(15-18)39-16-38-23)27(29(35)34)28(37)17-7-2-1-3-8-17/h1-5,7-10,13-15,25,34,37H,6,11-12,16H2/t25-/m1/s1. The summed E-state index contributed by atoms with van der Waals surface area (Å²) in [6.07, 6.45) is -3.75. The molecule has 0 spiro atoms. The van der Waals surface area contributed by atoms with Gasteiger partial charge in [-0.3, -0.25) is 15.1 Å². The lowest BCUT2D eigenvalue weighted by atomic mass is 9.73. The molecule has 0 radical (unpaired) electrons. The molecule has 1 atom stereocenters. The van der Waals surface area contributed by atoms with E-state index < -0.39 is 17.7 Å². The van der Waals surface area contributed by atoms with E-state index in [1.807, 2.05) is 0 Å². The van der Waals surface area contributed by atoms with Crippen LogP contribution < -0.4 is 14.4 Å². The van der Waals surface area contributed by atoms with Crippen molar-refractivity contribution in [3.63, 3.8) is 0 Å². The molecule has 0 aromatic heterocycles. The fraction of sp³-hybridized carbons (Fsp3) is 0.200. The first-order valence-electron chi connectivity index (χ1n) is 12.5. The molecular weight excluding hydrogens is 509 g/mol. The normalized spacial score (nSPS) is 20.3. The van der Waals surface area contributed by atoms with Crippen LogP contribution in [0, 0.1) is 5.41 Å². The summed E-state index contributed by atoms with van der Waals surface area (Å²) in [6.45, 7) is 0.0338. The van der Waals surface area contributed by atoms with Crippen molar-refractivity contribution in [3.8, 4) is 11.5 Å². The van der Waals surface area contributed by atoms with E-state index in [9.17, 15) is 28.5 Å². The van der Waals surface area contributed by atoms with Gasteiger partial charge in [-0.15, -0.1) is 0 Å². The van der Waals surface area contributed by atoms with Gasteiger partial charge in [0, 0.05) is 34.7 Å². The van der Waals surface area contributed by atoms with E-state index in [0.29, 0.717) is 41.2 Å². The number of rotatable bonds is 3. The van der Waals surface area contributed by atoms with E-state index in [1.165, 1.54) is 23.1 Å². The summed E-state index contributed by atoms with van der Waals surface area (Å²) in [5.74, 6) is -0.782. The van der Waals surface area contributed by atoms with Gasteiger partial charge in [0.25, 0.3) is 0 Å². The Kier molecular flexibility index (Phi) is 5.94. The number of ketones is 1. The van der Waals surface area contributed by atoms with Gasteiger partial charge < -0.3 is 14.6 Å². The van der Waals surface area contributed by atoms with Gasteiger partial charge in [0.2, 0.25) is 6.79 Å². The van der Waals surface area contributed by atoms with E-state index >= 15 is 0 Å². The molecule has 3 aliphatic rings. The van der Waals surface area contributed by atoms with Crippen molar-refractivity contribution < 1.29 is 32.5 Å². The van der Waals surface area contributed by atoms with Gasteiger partial charge in [0.1, 0.15) is 11.6 Å². The Morgan fingerprint density at radius 1 is 0.949 bits per heavy atom. The van der Waals surface area contributed by atoms with Crippen molar-refractivity contribution in [3.05, 3.63) is 106 Å². The number of fused-ring (bicyclic) bond motifs is 1. The average molecular weight is 533 g/mol. The molecule has 0 saturated heterocycles. The number of ether oxygens (including phenoxy) is 2. The van der Waals surface area contributed by atoms with Crippen LogP contribution in [-0.2, 0) is 11.0 Å². The number of carbonyl (C=O) groups excluding carboxylic acids is 1. The summed E-state index contributed by atoms with van der Waals surface area (Å²) in [7, 11) is 0. The summed E-state index contributed by atoms with van der Waals surface area (Å²) in [5.41, 5.74) is 0.378. The van der Waals surface area contributed by atoms with Crippen molar-refractivity contribution in [2.45, 2.75) is 31.4 Å². The number of halogens is 3. The van der Waals surface area contributed by atoms with Crippen molar-refractivity contribution >= 4 is 23.1 Å². The number of alkyl halides is 3. The van der Waals surface area contributed by atoms with Gasteiger partial charge in [-0.1, -0.05) is 48.5 Å². The summed E-state index contributed by atoms with van der Waals surface area (Å²) < 4.78 is 53.4. The maximum atomic E-state index is 14.2. The van der Waals surface area contributed by atoms with Crippen LogP contribution in [0.1, 0.15) is 41.9 Å². The molecular formula is C30H23F3N2O4. The smallest absolute Gasteiger partial charge is 0.418 e. The van der Waals surface area contributed by atoms with Gasteiger partial charge in [0.05, 0.1) is 11.3 Å². The molecule has 6 rings (SSSR count). The number of hydrogen-bond acceptors (Lipinski definition) is 5. The van der Waals surface area contributed by atoms with Crippen molar-refractivity contribution in [2.75, 3.05) is 11.7 Å². The Morgan fingerprint density at radius 2 is 1.67 bits per heavy atom. The number of amidine groups is 1. The van der Waals surface area contributed by atoms with Gasteiger partial charge in [-0.05, 0) is 42.7 Å². The van der Waals surface area contributed by atoms with Crippen LogP contribution in [0.2, 0.25) is 0 Å². The Hall–Kier alpha value is -4.53. The molecule has 3 aromatic rings. The predicted octanol–water partition coefficient (Wildman–Crippen LogP) is 6.99. The number of hydrogen-bond donors (Lipinski definition) is 2. The monoisotopic (exact) mass is 532 g/mol. The molecule has 3 aromatic carbocycles. The van der Waals surface area contributed by atoms with Crippen molar-refractivity contribution in [1.82, 2.24) is 0 Å². The van der Waals surface area contributed by atoms with Crippen LogP contribution in [0.15, 0.2) is 89.6 Å². The zero-order valence-electron chi connectivity index (χ0n) is 20.6. The Morgan fingerprint density at radius 3 is 2.44 bits per heavy atom. The fourth-order valence-electron chi connectivity index (χ4n) is 5.54. The molecule has 0 fully saturated rings. The van der Waals surface area contributed by atoms with Gasteiger partial charge in [0.15, 0.2) is 17.3 Å². The number of aliphatic hydroxyl groups excluding tert-OH is 1. The lowest BCUT2D eigenvalue weighted by molar-refractivity contribution is -0.137. The number of benzene rings is 3. The highest BCUT2D eigenvalue weighted by Gasteiger charge is 2.45. The summed E-state index contributed by atoms with van der Waals surface area (Å²) in [6, 6.07) is 18.6. The number of anilines is 1. The first-order valence-corrected chi connectivity index (χ1v) is 12.5. The summed E-state index contributed by atoms with van der Waals surface area (Å²) >= 11 is 0. The summed E-state index contributed by atoms with van der Waals surface area (Å²) in [4.78, 5) is 14.8. The quantitative estimate of drug-likeness (QED) is 0.355. The van der Waals surface area contributed by atoms with E-state index in [4.69, 9.17) is 9.47 Å². The maximum Gasteiger partial charge on any atom is 0.418 e. The molecule has 198 valence electrons. The maximum absolute atomic E-state index is 14.2. The lowest BCUT2D eigenvalue weighted by Gasteiger charge is -2.42. The van der Waals surface area contributed by atoms with Crippen LogP contribution in [0.3, 0.4) is 0 Å². The highest BCUT2D eigenvalue weighted by molar-refractivity contribution is 6.20. The minimum atomic E-state index is -4.70.